The number of hydrogen-bond donors (Lipinski definition) is 1. The number of ether oxygens (including phenoxy) is 2. The van der Waals surface area contributed by atoms with Gasteiger partial charge in [-0.25, -0.2) is 0 Å². The number of thioether (sulfide) groups is 1. The van der Waals surface area contributed by atoms with Crippen molar-refractivity contribution in [1.29, 1.82) is 0 Å². The normalized spacial score (nSPS) is 13.7. The fraction of sp³-hybridized carbons (Fsp3) is 0.308. The molecule has 1 heterocycles. The van der Waals surface area contributed by atoms with Gasteiger partial charge >= 0.3 is 5.97 Å². The summed E-state index contributed by atoms with van der Waals surface area (Å²) in [7, 11) is 3.18. The van der Waals surface area contributed by atoms with Gasteiger partial charge < -0.3 is 14.6 Å². The molecule has 0 amide bonds. The lowest BCUT2D eigenvalue weighted by atomic mass is 10.1. The molecule has 20 heavy (non-hydrogen) atoms. The minimum absolute atomic E-state index is 0.0170. The maximum atomic E-state index is 10.5. The Morgan fingerprint density at radius 1 is 1.35 bits per heavy atom. The van der Waals surface area contributed by atoms with E-state index < -0.39 is 5.97 Å². The molecule has 106 valence electrons. The Hall–Kier alpha value is -2.02. The Labute approximate surface area is 120 Å². The van der Waals surface area contributed by atoms with E-state index >= 15 is 0 Å². The van der Waals surface area contributed by atoms with E-state index in [-0.39, 0.29) is 5.75 Å². The van der Waals surface area contributed by atoms with Gasteiger partial charge in [-0.3, -0.25) is 4.79 Å². The van der Waals surface area contributed by atoms with Crippen LogP contribution in [0.4, 0.5) is 0 Å². The molecule has 7 heteroatoms. The number of nitrogens with zero attached hydrogens (tertiary/aromatic N) is 2. The van der Waals surface area contributed by atoms with Crippen LogP contribution in [-0.2, 0) is 4.79 Å². The van der Waals surface area contributed by atoms with E-state index in [9.17, 15) is 4.79 Å². The molecule has 1 aromatic carbocycles. The lowest BCUT2D eigenvalue weighted by molar-refractivity contribution is -0.133. The van der Waals surface area contributed by atoms with Crippen molar-refractivity contribution in [2.75, 3.05) is 20.0 Å². The molecule has 0 aromatic heterocycles. The smallest absolute Gasteiger partial charge is 0.313 e. The highest BCUT2D eigenvalue weighted by atomic mass is 32.2. The van der Waals surface area contributed by atoms with Crippen LogP contribution in [0.15, 0.2) is 28.4 Å². The van der Waals surface area contributed by atoms with Gasteiger partial charge in [0.05, 0.1) is 25.7 Å². The van der Waals surface area contributed by atoms with E-state index in [1.54, 1.807) is 26.4 Å². The second-order valence-corrected chi connectivity index (χ2v) is 5.01. The SMILES string of the molecule is COc1ccc(OC)c(C2=NN=C(SCC(=O)O)C2)c1. The summed E-state index contributed by atoms with van der Waals surface area (Å²) in [5, 5.41) is 17.5. The third-order valence-corrected chi connectivity index (χ3v) is 3.63. The first kappa shape index (κ1) is 14.4. The van der Waals surface area contributed by atoms with Crippen molar-refractivity contribution in [2.24, 2.45) is 10.2 Å². The minimum Gasteiger partial charge on any atom is -0.497 e. The third-order valence-electron chi connectivity index (χ3n) is 2.68. The number of hydrogen-bond acceptors (Lipinski definition) is 6. The topological polar surface area (TPSA) is 80.5 Å². The summed E-state index contributed by atoms with van der Waals surface area (Å²) in [5.41, 5.74) is 1.55. The van der Waals surface area contributed by atoms with Crippen molar-refractivity contribution in [3.63, 3.8) is 0 Å². The number of aliphatic carboxylic acids is 1. The molecule has 0 spiro atoms. The molecule has 0 atom stereocenters. The van der Waals surface area contributed by atoms with Crippen molar-refractivity contribution >= 4 is 28.5 Å². The lowest BCUT2D eigenvalue weighted by Crippen LogP contribution is -2.06. The highest BCUT2D eigenvalue weighted by Gasteiger charge is 2.19. The maximum absolute atomic E-state index is 10.5. The zero-order valence-electron chi connectivity index (χ0n) is 11.1. The van der Waals surface area contributed by atoms with Crippen LogP contribution in [0.25, 0.3) is 0 Å². The third kappa shape index (κ3) is 3.30. The largest absolute Gasteiger partial charge is 0.497 e. The lowest BCUT2D eigenvalue weighted by Gasteiger charge is -2.10. The number of carboxylic acid groups (broad SMARTS) is 1. The molecular weight excluding hydrogens is 280 g/mol. The number of benzene rings is 1. The molecule has 6 nitrogen and oxygen atoms in total. The van der Waals surface area contributed by atoms with Crippen LogP contribution in [0.1, 0.15) is 12.0 Å². The van der Waals surface area contributed by atoms with Crippen molar-refractivity contribution < 1.29 is 19.4 Å². The predicted molar refractivity (Wildman–Crippen MR) is 78.2 cm³/mol. The van der Waals surface area contributed by atoms with Gasteiger partial charge in [0.2, 0.25) is 0 Å². The van der Waals surface area contributed by atoms with Crippen molar-refractivity contribution in [3.8, 4) is 11.5 Å². The van der Waals surface area contributed by atoms with Crippen molar-refractivity contribution in [3.05, 3.63) is 23.8 Å². The van der Waals surface area contributed by atoms with Gasteiger partial charge in [0.25, 0.3) is 0 Å². The summed E-state index contributed by atoms with van der Waals surface area (Å²) < 4.78 is 10.5. The fourth-order valence-electron chi connectivity index (χ4n) is 1.74. The van der Waals surface area contributed by atoms with Gasteiger partial charge in [-0.05, 0) is 18.2 Å². The molecule has 0 bridgehead atoms. The van der Waals surface area contributed by atoms with Crippen LogP contribution in [0.5, 0.6) is 11.5 Å². The molecule has 0 aliphatic carbocycles. The van der Waals surface area contributed by atoms with Crippen LogP contribution in [0.2, 0.25) is 0 Å². The van der Waals surface area contributed by atoms with Crippen molar-refractivity contribution in [2.45, 2.75) is 6.42 Å². The first-order valence-electron chi connectivity index (χ1n) is 5.84. The zero-order chi connectivity index (χ0) is 14.5. The Kier molecular flexibility index (Phi) is 4.62. The first-order valence-corrected chi connectivity index (χ1v) is 6.83. The van der Waals surface area contributed by atoms with Gasteiger partial charge in [-0.2, -0.15) is 5.10 Å². The second-order valence-electron chi connectivity index (χ2n) is 3.97. The number of carboxylic acids is 1. The molecule has 0 fully saturated rings. The monoisotopic (exact) mass is 294 g/mol. The highest BCUT2D eigenvalue weighted by molar-refractivity contribution is 8.14. The molecule has 1 aliphatic rings. The van der Waals surface area contributed by atoms with Gasteiger partial charge in [0, 0.05) is 12.0 Å². The van der Waals surface area contributed by atoms with Crippen LogP contribution in [0.3, 0.4) is 0 Å². The fourth-order valence-corrected chi connectivity index (χ4v) is 2.37. The maximum Gasteiger partial charge on any atom is 0.313 e. The average Bonchev–Trinajstić information content (AvgIpc) is 2.93. The highest BCUT2D eigenvalue weighted by Crippen LogP contribution is 2.28. The number of rotatable bonds is 5. The van der Waals surface area contributed by atoms with Gasteiger partial charge in [0.1, 0.15) is 16.5 Å². The summed E-state index contributed by atoms with van der Waals surface area (Å²) in [4.78, 5) is 10.5. The van der Waals surface area contributed by atoms with Crippen LogP contribution >= 0.6 is 11.8 Å². The Morgan fingerprint density at radius 3 is 2.80 bits per heavy atom. The standard InChI is InChI=1S/C13H14N2O4S/c1-18-8-3-4-11(19-2)9(5-8)10-6-12(15-14-10)20-7-13(16)17/h3-5H,6-7H2,1-2H3,(H,16,17). The van der Waals surface area contributed by atoms with Crippen molar-refractivity contribution in [1.82, 2.24) is 0 Å². The molecular formula is C13H14N2O4S. The second kappa shape index (κ2) is 6.42. The molecule has 1 aliphatic heterocycles. The van der Waals surface area contributed by atoms with E-state index in [0.717, 1.165) is 11.3 Å². The molecule has 0 saturated carbocycles. The number of carbonyl (C=O) groups is 1. The minimum atomic E-state index is -0.870. The summed E-state index contributed by atoms with van der Waals surface area (Å²) in [6.45, 7) is 0. The van der Waals surface area contributed by atoms with E-state index in [1.807, 2.05) is 6.07 Å². The summed E-state index contributed by atoms with van der Waals surface area (Å²) in [6, 6.07) is 5.44. The summed E-state index contributed by atoms with van der Waals surface area (Å²) >= 11 is 1.18. The Morgan fingerprint density at radius 2 is 2.15 bits per heavy atom. The van der Waals surface area contributed by atoms with E-state index in [1.165, 1.54) is 11.8 Å². The Balaban J connectivity index is 2.12. The van der Waals surface area contributed by atoms with Gasteiger partial charge in [-0.1, -0.05) is 11.8 Å². The molecule has 0 radical (unpaired) electrons. The summed E-state index contributed by atoms with van der Waals surface area (Å²) in [6.07, 6.45) is 0.501. The number of methoxy groups -OCH3 is 2. The van der Waals surface area contributed by atoms with E-state index in [2.05, 4.69) is 10.2 Å². The predicted octanol–water partition coefficient (Wildman–Crippen LogP) is 2.03. The summed E-state index contributed by atoms with van der Waals surface area (Å²) in [5.74, 6) is 0.501. The molecule has 2 rings (SSSR count). The first-order chi connectivity index (χ1) is 9.63. The molecule has 1 N–H and O–H groups in total. The van der Waals surface area contributed by atoms with E-state index in [4.69, 9.17) is 14.6 Å². The van der Waals surface area contributed by atoms with Gasteiger partial charge in [-0.15, -0.1) is 5.10 Å². The zero-order valence-corrected chi connectivity index (χ0v) is 11.9. The van der Waals surface area contributed by atoms with Crippen LogP contribution < -0.4 is 9.47 Å². The molecule has 1 aromatic rings. The van der Waals surface area contributed by atoms with Crippen LogP contribution in [0, 0.1) is 0 Å². The van der Waals surface area contributed by atoms with Crippen LogP contribution in [-0.4, -0.2) is 41.8 Å². The molecule has 0 unspecified atom stereocenters. The van der Waals surface area contributed by atoms with Gasteiger partial charge in [0.15, 0.2) is 0 Å². The molecule has 0 saturated heterocycles. The van der Waals surface area contributed by atoms with E-state index in [0.29, 0.717) is 23.0 Å². The average molecular weight is 294 g/mol. The Bertz CT molecular complexity index is 584. The quantitative estimate of drug-likeness (QED) is 0.898.